The van der Waals surface area contributed by atoms with Crippen LogP contribution in [0, 0.1) is 0 Å². The van der Waals surface area contributed by atoms with E-state index in [0.29, 0.717) is 6.54 Å². The first-order valence-electron chi connectivity index (χ1n) is 4.12. The third-order valence-corrected chi connectivity index (χ3v) is 2.29. The molecule has 1 heterocycles. The molecule has 1 aliphatic carbocycles. The van der Waals surface area contributed by atoms with Crippen molar-refractivity contribution in [3.8, 4) is 0 Å². The van der Waals surface area contributed by atoms with Gasteiger partial charge in [-0.1, -0.05) is 23.8 Å². The fraction of sp³-hybridized carbons (Fsp3) is 0.222. The van der Waals surface area contributed by atoms with Crippen LogP contribution in [-0.2, 0) is 6.54 Å². The topological polar surface area (TPSA) is 54.7 Å². The average molecular weight is 196 g/mol. The zero-order valence-corrected chi connectivity index (χ0v) is 7.80. The second-order valence-electron chi connectivity index (χ2n) is 2.87. The second kappa shape index (κ2) is 3.36. The smallest absolute Gasteiger partial charge is 0.0836 e. The fourth-order valence-corrected chi connectivity index (χ4v) is 1.56. The predicted molar refractivity (Wildman–Crippen MR) is 53.2 cm³/mol. The molecule has 0 fully saturated rings. The summed E-state index contributed by atoms with van der Waals surface area (Å²) in [6.45, 7) is 0.431. The molecule has 1 aromatic heterocycles. The van der Waals surface area contributed by atoms with Crippen molar-refractivity contribution < 1.29 is 0 Å². The highest BCUT2D eigenvalue weighted by atomic mass is 35.5. The highest BCUT2D eigenvalue weighted by Crippen LogP contribution is 2.05. The number of rotatable bonds is 1. The lowest BCUT2D eigenvalue weighted by Gasteiger charge is -1.86. The normalized spacial score (nSPS) is 15.1. The Labute approximate surface area is 80.6 Å². The SMILES string of the molecule is NCc1n[nH]c2c1=CC(Cl)=CCC=2. The van der Waals surface area contributed by atoms with Crippen LogP contribution in [0.5, 0.6) is 0 Å². The molecule has 1 aliphatic rings. The third-order valence-electron chi connectivity index (χ3n) is 2.02. The summed E-state index contributed by atoms with van der Waals surface area (Å²) in [5.41, 5.74) is 6.40. The molecular formula is C9H10ClN3. The van der Waals surface area contributed by atoms with Crippen molar-refractivity contribution in [2.45, 2.75) is 13.0 Å². The van der Waals surface area contributed by atoms with E-state index in [-0.39, 0.29) is 0 Å². The van der Waals surface area contributed by atoms with E-state index >= 15 is 0 Å². The molecule has 0 aromatic carbocycles. The number of nitrogens with one attached hydrogen (secondary N) is 1. The standard InChI is InChI=1S/C9H10ClN3/c10-6-2-1-3-8-7(4-6)9(5-11)13-12-8/h2-4,12H,1,5,11H2. The molecule has 0 atom stereocenters. The van der Waals surface area contributed by atoms with Crippen LogP contribution in [-0.4, -0.2) is 10.2 Å². The molecule has 2 rings (SSSR count). The Morgan fingerprint density at radius 1 is 1.54 bits per heavy atom. The Balaban J connectivity index is 2.73. The number of H-pyrrole nitrogens is 1. The van der Waals surface area contributed by atoms with E-state index in [1.54, 1.807) is 0 Å². The van der Waals surface area contributed by atoms with Gasteiger partial charge in [-0.15, -0.1) is 0 Å². The highest BCUT2D eigenvalue weighted by molar-refractivity contribution is 6.34. The molecule has 3 N–H and O–H groups in total. The fourth-order valence-electron chi connectivity index (χ4n) is 1.36. The van der Waals surface area contributed by atoms with E-state index < -0.39 is 0 Å². The summed E-state index contributed by atoms with van der Waals surface area (Å²) in [7, 11) is 0. The quantitative estimate of drug-likeness (QED) is 0.661. The van der Waals surface area contributed by atoms with Crippen molar-refractivity contribution in [2.75, 3.05) is 0 Å². The van der Waals surface area contributed by atoms with Crippen LogP contribution < -0.4 is 16.3 Å². The van der Waals surface area contributed by atoms with Crippen molar-refractivity contribution in [1.29, 1.82) is 0 Å². The van der Waals surface area contributed by atoms with Crippen LogP contribution in [0.15, 0.2) is 11.1 Å². The van der Waals surface area contributed by atoms with Gasteiger partial charge in [-0.2, -0.15) is 5.10 Å². The van der Waals surface area contributed by atoms with Crippen molar-refractivity contribution in [3.05, 3.63) is 27.4 Å². The maximum atomic E-state index is 5.94. The summed E-state index contributed by atoms with van der Waals surface area (Å²) in [6, 6.07) is 0. The first kappa shape index (κ1) is 8.53. The molecule has 0 saturated heterocycles. The summed E-state index contributed by atoms with van der Waals surface area (Å²) in [5.74, 6) is 0. The molecule has 68 valence electrons. The first-order valence-corrected chi connectivity index (χ1v) is 4.50. The number of nitrogens with zero attached hydrogens (tertiary/aromatic N) is 1. The minimum absolute atomic E-state index is 0.431. The van der Waals surface area contributed by atoms with Gasteiger partial charge in [0.15, 0.2) is 0 Å². The van der Waals surface area contributed by atoms with Gasteiger partial charge in [-0.3, -0.25) is 5.10 Å². The number of aromatic amines is 1. The minimum atomic E-state index is 0.431. The Kier molecular flexibility index (Phi) is 2.20. The first-order chi connectivity index (χ1) is 6.31. The van der Waals surface area contributed by atoms with Crippen molar-refractivity contribution in [1.82, 2.24) is 10.2 Å². The molecule has 0 aliphatic heterocycles. The average Bonchev–Trinajstić information content (AvgIpc) is 2.39. The van der Waals surface area contributed by atoms with Gasteiger partial charge >= 0.3 is 0 Å². The molecular weight excluding hydrogens is 186 g/mol. The van der Waals surface area contributed by atoms with Gasteiger partial charge in [-0.05, 0) is 12.5 Å². The summed E-state index contributed by atoms with van der Waals surface area (Å²) in [6.07, 6.45) is 6.73. The van der Waals surface area contributed by atoms with E-state index in [0.717, 1.165) is 27.7 Å². The maximum Gasteiger partial charge on any atom is 0.0836 e. The number of hydrogen-bond donors (Lipinski definition) is 2. The Morgan fingerprint density at radius 3 is 3.15 bits per heavy atom. The molecule has 0 saturated carbocycles. The molecule has 0 bridgehead atoms. The molecule has 0 unspecified atom stereocenters. The maximum absolute atomic E-state index is 5.94. The van der Waals surface area contributed by atoms with Crippen LogP contribution in [0.25, 0.3) is 12.2 Å². The summed E-state index contributed by atoms with van der Waals surface area (Å²) < 4.78 is 0. The lowest BCUT2D eigenvalue weighted by Crippen LogP contribution is -2.25. The molecule has 3 nitrogen and oxygen atoms in total. The molecule has 1 aromatic rings. The van der Waals surface area contributed by atoms with E-state index in [2.05, 4.69) is 10.2 Å². The van der Waals surface area contributed by atoms with Crippen LogP contribution in [0.3, 0.4) is 0 Å². The lowest BCUT2D eigenvalue weighted by molar-refractivity contribution is 0.937. The van der Waals surface area contributed by atoms with Gasteiger partial charge in [0.2, 0.25) is 0 Å². The number of hydrogen-bond acceptors (Lipinski definition) is 2. The van der Waals surface area contributed by atoms with E-state index in [4.69, 9.17) is 17.3 Å². The third kappa shape index (κ3) is 1.53. The summed E-state index contributed by atoms with van der Waals surface area (Å²) >= 11 is 5.94. The second-order valence-corrected chi connectivity index (χ2v) is 3.31. The van der Waals surface area contributed by atoms with Crippen LogP contribution >= 0.6 is 11.6 Å². The minimum Gasteiger partial charge on any atom is -0.325 e. The van der Waals surface area contributed by atoms with E-state index in [9.17, 15) is 0 Å². The number of halogens is 1. The predicted octanol–water partition coefficient (Wildman–Crippen LogP) is -0.0442. The molecule has 0 radical (unpaired) electrons. The van der Waals surface area contributed by atoms with E-state index in [1.807, 2.05) is 18.2 Å². The van der Waals surface area contributed by atoms with Crippen LogP contribution in [0.2, 0.25) is 0 Å². The largest absolute Gasteiger partial charge is 0.325 e. The van der Waals surface area contributed by atoms with Crippen LogP contribution in [0.4, 0.5) is 0 Å². The van der Waals surface area contributed by atoms with Crippen molar-refractivity contribution >= 4 is 23.8 Å². The van der Waals surface area contributed by atoms with E-state index in [1.165, 1.54) is 0 Å². The van der Waals surface area contributed by atoms with Gasteiger partial charge < -0.3 is 5.73 Å². The number of aromatic nitrogens is 2. The van der Waals surface area contributed by atoms with Crippen molar-refractivity contribution in [2.24, 2.45) is 5.73 Å². The Hall–Kier alpha value is -1.06. The molecule has 13 heavy (non-hydrogen) atoms. The van der Waals surface area contributed by atoms with Crippen LogP contribution in [0.1, 0.15) is 12.1 Å². The van der Waals surface area contributed by atoms with Gasteiger partial charge in [0.25, 0.3) is 0 Å². The number of allylic oxidation sites excluding steroid dienone is 2. The van der Waals surface area contributed by atoms with Gasteiger partial charge in [-0.25, -0.2) is 0 Å². The number of nitrogens with two attached hydrogens (primary N) is 1. The number of fused-ring (bicyclic) bond motifs is 1. The molecule has 0 spiro atoms. The summed E-state index contributed by atoms with van der Waals surface area (Å²) in [4.78, 5) is 0. The lowest BCUT2D eigenvalue weighted by atomic mass is 10.3. The van der Waals surface area contributed by atoms with Gasteiger partial charge in [0, 0.05) is 16.8 Å². The summed E-state index contributed by atoms with van der Waals surface area (Å²) in [5, 5.41) is 9.79. The van der Waals surface area contributed by atoms with Gasteiger partial charge in [0.05, 0.1) is 11.0 Å². The highest BCUT2D eigenvalue weighted by Gasteiger charge is 2.01. The zero-order valence-electron chi connectivity index (χ0n) is 7.05. The molecule has 4 heteroatoms. The molecule has 0 amide bonds. The Bertz CT molecular complexity index is 456. The zero-order chi connectivity index (χ0) is 9.26. The van der Waals surface area contributed by atoms with Crippen molar-refractivity contribution in [3.63, 3.8) is 0 Å². The van der Waals surface area contributed by atoms with Gasteiger partial charge in [0.1, 0.15) is 0 Å². The Morgan fingerprint density at radius 2 is 2.38 bits per heavy atom. The monoisotopic (exact) mass is 195 g/mol.